The highest BCUT2D eigenvalue weighted by Gasteiger charge is 2.36. The number of nitrogens with two attached hydrogens (primary N) is 1. The normalized spacial score (nSPS) is 20.3. The van der Waals surface area contributed by atoms with Crippen molar-refractivity contribution in [3.8, 4) is 0 Å². The van der Waals surface area contributed by atoms with Gasteiger partial charge in [0.1, 0.15) is 0 Å². The molecule has 3 N–H and O–H groups in total. The molecular weight excluding hydrogens is 232 g/mol. The predicted octanol–water partition coefficient (Wildman–Crippen LogP) is -0.104. The molecule has 6 nitrogen and oxygen atoms in total. The molecule has 0 aliphatic carbocycles. The summed E-state index contributed by atoms with van der Waals surface area (Å²) >= 11 is 0. The van der Waals surface area contributed by atoms with Gasteiger partial charge in [-0.05, 0) is 25.8 Å². The third-order valence-electron chi connectivity index (χ3n) is 3.23. The number of carbonyl (C=O) groups excluding carboxylic acids is 1. The van der Waals surface area contributed by atoms with E-state index in [9.17, 15) is 4.79 Å². The molecule has 0 saturated carbocycles. The summed E-state index contributed by atoms with van der Waals surface area (Å²) in [5.74, 6) is -0.0922. The number of aromatic nitrogens is 2. The number of amides is 1. The van der Waals surface area contributed by atoms with Gasteiger partial charge in [0.2, 0.25) is 5.91 Å². The summed E-state index contributed by atoms with van der Waals surface area (Å²) in [5, 5.41) is 7.06. The van der Waals surface area contributed by atoms with Crippen LogP contribution in [0.4, 0.5) is 0 Å². The van der Waals surface area contributed by atoms with E-state index in [1.54, 1.807) is 10.9 Å². The van der Waals surface area contributed by atoms with Gasteiger partial charge in [-0.2, -0.15) is 5.10 Å². The van der Waals surface area contributed by atoms with Crippen LogP contribution in [-0.4, -0.2) is 40.5 Å². The summed E-state index contributed by atoms with van der Waals surface area (Å²) < 4.78 is 7.02. The van der Waals surface area contributed by atoms with E-state index in [0.717, 1.165) is 0 Å². The van der Waals surface area contributed by atoms with Crippen LogP contribution < -0.4 is 11.1 Å². The Labute approximate surface area is 106 Å². The summed E-state index contributed by atoms with van der Waals surface area (Å²) in [6, 6.07) is 1.86. The number of nitrogens with zero attached hydrogens (tertiary/aromatic N) is 2. The summed E-state index contributed by atoms with van der Waals surface area (Å²) in [6.07, 6.45) is 4.74. The van der Waals surface area contributed by atoms with E-state index >= 15 is 0 Å². The zero-order valence-electron chi connectivity index (χ0n) is 10.6. The number of nitrogens with one attached hydrogen (secondary N) is 1. The SMILES string of the molecule is CC(Cn1cccn1)NC(=O)C1(N)CCOCC1. The predicted molar refractivity (Wildman–Crippen MR) is 66.8 cm³/mol. The molecule has 1 aromatic heterocycles. The Balaban J connectivity index is 1.86. The second-order valence-electron chi connectivity index (χ2n) is 4.87. The van der Waals surface area contributed by atoms with Crippen LogP contribution in [0.5, 0.6) is 0 Å². The van der Waals surface area contributed by atoms with E-state index in [1.807, 2.05) is 19.2 Å². The highest BCUT2D eigenvalue weighted by atomic mass is 16.5. The van der Waals surface area contributed by atoms with E-state index in [-0.39, 0.29) is 11.9 Å². The maximum Gasteiger partial charge on any atom is 0.240 e. The molecule has 0 bridgehead atoms. The molecule has 2 heterocycles. The molecule has 0 radical (unpaired) electrons. The van der Waals surface area contributed by atoms with Crippen molar-refractivity contribution >= 4 is 5.91 Å². The first kappa shape index (κ1) is 13.0. The van der Waals surface area contributed by atoms with Crippen LogP contribution in [0.1, 0.15) is 19.8 Å². The first-order chi connectivity index (χ1) is 8.60. The van der Waals surface area contributed by atoms with Crippen molar-refractivity contribution in [1.29, 1.82) is 0 Å². The van der Waals surface area contributed by atoms with Crippen LogP contribution in [0, 0.1) is 0 Å². The lowest BCUT2D eigenvalue weighted by atomic mass is 9.90. The largest absolute Gasteiger partial charge is 0.381 e. The Morgan fingerprint density at radius 2 is 2.33 bits per heavy atom. The molecular formula is C12H20N4O2. The summed E-state index contributed by atoms with van der Waals surface area (Å²) in [4.78, 5) is 12.1. The number of rotatable bonds is 4. The monoisotopic (exact) mass is 252 g/mol. The van der Waals surface area contributed by atoms with Gasteiger partial charge in [-0.1, -0.05) is 0 Å². The van der Waals surface area contributed by atoms with Crippen molar-refractivity contribution in [2.24, 2.45) is 5.73 Å². The molecule has 0 spiro atoms. The lowest BCUT2D eigenvalue weighted by Crippen LogP contribution is -2.58. The van der Waals surface area contributed by atoms with E-state index in [1.165, 1.54) is 0 Å². The van der Waals surface area contributed by atoms with E-state index in [0.29, 0.717) is 32.6 Å². The van der Waals surface area contributed by atoms with Crippen LogP contribution in [0.2, 0.25) is 0 Å². The fourth-order valence-electron chi connectivity index (χ4n) is 2.06. The molecule has 1 amide bonds. The first-order valence-corrected chi connectivity index (χ1v) is 6.25. The van der Waals surface area contributed by atoms with Crippen LogP contribution in [-0.2, 0) is 16.1 Å². The van der Waals surface area contributed by atoms with E-state index in [4.69, 9.17) is 10.5 Å². The smallest absolute Gasteiger partial charge is 0.240 e. The Morgan fingerprint density at radius 1 is 1.61 bits per heavy atom. The topological polar surface area (TPSA) is 82.2 Å². The van der Waals surface area contributed by atoms with Crippen LogP contribution in [0.15, 0.2) is 18.5 Å². The maximum absolute atomic E-state index is 12.1. The minimum atomic E-state index is -0.781. The van der Waals surface area contributed by atoms with Crippen molar-refractivity contribution in [2.45, 2.75) is 37.9 Å². The van der Waals surface area contributed by atoms with Gasteiger partial charge in [0.15, 0.2) is 0 Å². The second kappa shape index (κ2) is 5.49. The fraction of sp³-hybridized carbons (Fsp3) is 0.667. The van der Waals surface area contributed by atoms with Gasteiger partial charge in [-0.25, -0.2) is 0 Å². The quantitative estimate of drug-likeness (QED) is 0.783. The lowest BCUT2D eigenvalue weighted by Gasteiger charge is -2.32. The van der Waals surface area contributed by atoms with Crippen LogP contribution in [0.3, 0.4) is 0 Å². The number of ether oxygens (including phenoxy) is 1. The van der Waals surface area contributed by atoms with Crippen molar-refractivity contribution in [3.05, 3.63) is 18.5 Å². The number of carbonyl (C=O) groups is 1. The van der Waals surface area contributed by atoms with Crippen molar-refractivity contribution in [3.63, 3.8) is 0 Å². The molecule has 1 atom stereocenters. The van der Waals surface area contributed by atoms with Crippen molar-refractivity contribution in [2.75, 3.05) is 13.2 Å². The molecule has 1 aliphatic heterocycles. The standard InChI is InChI=1S/C12H20N4O2/c1-10(9-16-6-2-5-14-16)15-11(17)12(13)3-7-18-8-4-12/h2,5-6,10H,3-4,7-9,13H2,1H3,(H,15,17). The fourth-order valence-corrected chi connectivity index (χ4v) is 2.06. The third kappa shape index (κ3) is 3.08. The molecule has 1 unspecified atom stereocenters. The zero-order valence-corrected chi connectivity index (χ0v) is 10.6. The molecule has 1 aromatic rings. The number of hydrogen-bond donors (Lipinski definition) is 2. The minimum absolute atomic E-state index is 0.000620. The van der Waals surface area contributed by atoms with Crippen molar-refractivity contribution < 1.29 is 9.53 Å². The molecule has 100 valence electrons. The van der Waals surface area contributed by atoms with Crippen LogP contribution >= 0.6 is 0 Å². The summed E-state index contributed by atoms with van der Waals surface area (Å²) in [5.41, 5.74) is 5.33. The molecule has 6 heteroatoms. The van der Waals surface area contributed by atoms with Gasteiger partial charge in [0, 0.05) is 31.6 Å². The Hall–Kier alpha value is -1.40. The Kier molecular flexibility index (Phi) is 3.98. The third-order valence-corrected chi connectivity index (χ3v) is 3.23. The van der Waals surface area contributed by atoms with Gasteiger partial charge in [-0.3, -0.25) is 9.48 Å². The van der Waals surface area contributed by atoms with E-state index in [2.05, 4.69) is 10.4 Å². The number of hydrogen-bond acceptors (Lipinski definition) is 4. The Morgan fingerprint density at radius 3 is 2.94 bits per heavy atom. The Bertz CT molecular complexity index is 385. The highest BCUT2D eigenvalue weighted by Crippen LogP contribution is 2.17. The average molecular weight is 252 g/mol. The second-order valence-corrected chi connectivity index (χ2v) is 4.87. The summed E-state index contributed by atoms with van der Waals surface area (Å²) in [6.45, 7) is 3.70. The van der Waals surface area contributed by atoms with Gasteiger partial charge in [0.25, 0.3) is 0 Å². The molecule has 1 fully saturated rings. The van der Waals surface area contributed by atoms with Gasteiger partial charge in [-0.15, -0.1) is 0 Å². The molecule has 1 saturated heterocycles. The average Bonchev–Trinajstić information content (AvgIpc) is 2.82. The lowest BCUT2D eigenvalue weighted by molar-refractivity contribution is -0.130. The molecule has 0 aromatic carbocycles. The van der Waals surface area contributed by atoms with Gasteiger partial charge >= 0.3 is 0 Å². The summed E-state index contributed by atoms with van der Waals surface area (Å²) in [7, 11) is 0. The van der Waals surface area contributed by atoms with E-state index < -0.39 is 5.54 Å². The maximum atomic E-state index is 12.1. The molecule has 2 rings (SSSR count). The minimum Gasteiger partial charge on any atom is -0.381 e. The van der Waals surface area contributed by atoms with Gasteiger partial charge in [0.05, 0.1) is 12.1 Å². The molecule has 18 heavy (non-hydrogen) atoms. The van der Waals surface area contributed by atoms with Crippen molar-refractivity contribution in [1.82, 2.24) is 15.1 Å². The highest BCUT2D eigenvalue weighted by molar-refractivity contribution is 5.86. The van der Waals surface area contributed by atoms with Crippen LogP contribution in [0.25, 0.3) is 0 Å². The molecule has 1 aliphatic rings. The first-order valence-electron chi connectivity index (χ1n) is 6.25. The van der Waals surface area contributed by atoms with Gasteiger partial charge < -0.3 is 15.8 Å². The zero-order chi connectivity index (χ0) is 13.0.